The smallest absolute Gasteiger partial charge is 0.309 e. The Bertz CT molecular complexity index is 805. The number of rotatable bonds is 5. The highest BCUT2D eigenvalue weighted by molar-refractivity contribution is 9.10. The lowest BCUT2D eigenvalue weighted by Gasteiger charge is -2.31. The Morgan fingerprint density at radius 3 is 2.59 bits per heavy atom. The van der Waals surface area contributed by atoms with E-state index in [9.17, 15) is 9.59 Å². The van der Waals surface area contributed by atoms with E-state index in [0.29, 0.717) is 43.1 Å². The van der Waals surface area contributed by atoms with Crippen molar-refractivity contribution >= 4 is 39.6 Å². The van der Waals surface area contributed by atoms with Gasteiger partial charge in [0, 0.05) is 28.7 Å². The van der Waals surface area contributed by atoms with Gasteiger partial charge in [-0.3, -0.25) is 9.59 Å². The van der Waals surface area contributed by atoms with Gasteiger partial charge in [0.1, 0.15) is 5.03 Å². The molecular formula is C20H21BrN2O3S. The van der Waals surface area contributed by atoms with Crippen molar-refractivity contribution in [2.45, 2.75) is 29.7 Å². The SMILES string of the molecule is CCOC(=O)C1CCN(C(=O)c2cccnc2Sc2ccc(Br)cc2)CC1. The second kappa shape index (κ2) is 9.37. The van der Waals surface area contributed by atoms with E-state index in [2.05, 4.69) is 20.9 Å². The quantitative estimate of drug-likeness (QED) is 0.633. The zero-order valence-corrected chi connectivity index (χ0v) is 17.5. The van der Waals surface area contributed by atoms with E-state index in [1.165, 1.54) is 11.8 Å². The maximum atomic E-state index is 13.0. The number of benzene rings is 1. The third-order valence-corrected chi connectivity index (χ3v) is 5.99. The predicted octanol–water partition coefficient (Wildman–Crippen LogP) is 4.41. The molecule has 27 heavy (non-hydrogen) atoms. The monoisotopic (exact) mass is 448 g/mol. The molecule has 0 bridgehead atoms. The first-order chi connectivity index (χ1) is 13.1. The van der Waals surface area contributed by atoms with Gasteiger partial charge in [0.05, 0.1) is 18.1 Å². The van der Waals surface area contributed by atoms with Gasteiger partial charge in [0.2, 0.25) is 0 Å². The highest BCUT2D eigenvalue weighted by Crippen LogP contribution is 2.31. The number of carbonyl (C=O) groups is 2. The summed E-state index contributed by atoms with van der Waals surface area (Å²) in [5.74, 6) is -0.304. The molecule has 1 fully saturated rings. The van der Waals surface area contributed by atoms with Crippen LogP contribution in [0.3, 0.4) is 0 Å². The molecule has 2 heterocycles. The molecular weight excluding hydrogens is 428 g/mol. The molecule has 1 aromatic carbocycles. The maximum Gasteiger partial charge on any atom is 0.309 e. The number of nitrogens with zero attached hydrogens (tertiary/aromatic N) is 2. The summed E-state index contributed by atoms with van der Waals surface area (Å²) >= 11 is 4.90. The number of pyridine rings is 1. The fourth-order valence-electron chi connectivity index (χ4n) is 3.00. The van der Waals surface area contributed by atoms with Crippen LogP contribution in [-0.4, -0.2) is 41.5 Å². The molecule has 0 atom stereocenters. The average molecular weight is 449 g/mol. The van der Waals surface area contributed by atoms with Gasteiger partial charge in [-0.15, -0.1) is 0 Å². The topological polar surface area (TPSA) is 59.5 Å². The maximum absolute atomic E-state index is 13.0. The molecule has 1 saturated heterocycles. The molecule has 0 aliphatic carbocycles. The minimum absolute atomic E-state index is 0.0370. The van der Waals surface area contributed by atoms with Crippen LogP contribution in [0.15, 0.2) is 57.0 Å². The number of likely N-dealkylation sites (tertiary alicyclic amines) is 1. The van der Waals surface area contributed by atoms with Crippen molar-refractivity contribution in [1.82, 2.24) is 9.88 Å². The largest absolute Gasteiger partial charge is 0.466 e. The van der Waals surface area contributed by atoms with Crippen LogP contribution in [0.1, 0.15) is 30.1 Å². The van der Waals surface area contributed by atoms with Crippen LogP contribution >= 0.6 is 27.7 Å². The Balaban J connectivity index is 1.69. The molecule has 5 nitrogen and oxygen atoms in total. The molecule has 0 N–H and O–H groups in total. The van der Waals surface area contributed by atoms with Crippen LogP contribution in [-0.2, 0) is 9.53 Å². The first-order valence-corrected chi connectivity index (χ1v) is 10.5. The van der Waals surface area contributed by atoms with Gasteiger partial charge < -0.3 is 9.64 Å². The van der Waals surface area contributed by atoms with Crippen molar-refractivity contribution in [1.29, 1.82) is 0 Å². The molecule has 0 spiro atoms. The van der Waals surface area contributed by atoms with Crippen molar-refractivity contribution in [3.8, 4) is 0 Å². The number of piperidine rings is 1. The van der Waals surface area contributed by atoms with E-state index in [1.807, 2.05) is 37.3 Å². The van der Waals surface area contributed by atoms with Crippen LogP contribution in [0.5, 0.6) is 0 Å². The molecule has 0 saturated carbocycles. The molecule has 2 aromatic rings. The van der Waals surface area contributed by atoms with Crippen molar-refractivity contribution < 1.29 is 14.3 Å². The summed E-state index contributed by atoms with van der Waals surface area (Å²) in [5.41, 5.74) is 0.597. The summed E-state index contributed by atoms with van der Waals surface area (Å²) in [7, 11) is 0. The summed E-state index contributed by atoms with van der Waals surface area (Å²) in [6.07, 6.45) is 2.98. The van der Waals surface area contributed by atoms with Gasteiger partial charge in [0.15, 0.2) is 0 Å². The fourth-order valence-corrected chi connectivity index (χ4v) is 4.14. The second-order valence-corrected chi connectivity index (χ2v) is 8.21. The number of carbonyl (C=O) groups excluding carboxylic acids is 2. The van der Waals surface area contributed by atoms with Crippen LogP contribution in [0.2, 0.25) is 0 Å². The van der Waals surface area contributed by atoms with Crippen molar-refractivity contribution in [2.75, 3.05) is 19.7 Å². The lowest BCUT2D eigenvalue weighted by Crippen LogP contribution is -2.40. The van der Waals surface area contributed by atoms with Crippen molar-refractivity contribution in [3.05, 3.63) is 52.6 Å². The number of aromatic nitrogens is 1. The summed E-state index contributed by atoms with van der Waals surface area (Å²) in [6, 6.07) is 11.5. The average Bonchev–Trinajstić information content (AvgIpc) is 2.70. The van der Waals surface area contributed by atoms with Gasteiger partial charge in [0.25, 0.3) is 5.91 Å². The molecule has 1 aliphatic rings. The van der Waals surface area contributed by atoms with E-state index in [0.717, 1.165) is 9.37 Å². The molecule has 0 unspecified atom stereocenters. The number of amides is 1. The fraction of sp³-hybridized carbons (Fsp3) is 0.350. The zero-order valence-electron chi connectivity index (χ0n) is 15.1. The highest BCUT2D eigenvalue weighted by atomic mass is 79.9. The minimum Gasteiger partial charge on any atom is -0.466 e. The van der Waals surface area contributed by atoms with E-state index in [4.69, 9.17) is 4.74 Å². The molecule has 3 rings (SSSR count). The first-order valence-electron chi connectivity index (χ1n) is 8.93. The summed E-state index contributed by atoms with van der Waals surface area (Å²) in [5, 5.41) is 0.692. The van der Waals surface area contributed by atoms with Gasteiger partial charge in [-0.2, -0.15) is 0 Å². The van der Waals surface area contributed by atoms with Crippen LogP contribution in [0.4, 0.5) is 0 Å². The van der Waals surface area contributed by atoms with Crippen molar-refractivity contribution in [2.24, 2.45) is 5.92 Å². The van der Waals surface area contributed by atoms with E-state index >= 15 is 0 Å². The number of ether oxygens (including phenoxy) is 1. The molecule has 7 heteroatoms. The first kappa shape index (κ1) is 19.9. The standard InChI is InChI=1S/C20H21BrN2O3S/c1-2-26-20(25)14-9-12-23(13-10-14)19(24)17-4-3-11-22-18(17)27-16-7-5-15(21)6-8-16/h3-8,11,14H,2,9-10,12-13H2,1H3. The number of halogens is 1. The highest BCUT2D eigenvalue weighted by Gasteiger charge is 2.29. The van der Waals surface area contributed by atoms with Gasteiger partial charge in [-0.1, -0.05) is 27.7 Å². The predicted molar refractivity (Wildman–Crippen MR) is 108 cm³/mol. The Morgan fingerprint density at radius 2 is 1.93 bits per heavy atom. The third kappa shape index (κ3) is 5.11. The van der Waals surface area contributed by atoms with E-state index in [1.54, 1.807) is 17.2 Å². The van der Waals surface area contributed by atoms with E-state index < -0.39 is 0 Å². The molecule has 0 radical (unpaired) electrons. The van der Waals surface area contributed by atoms with E-state index in [-0.39, 0.29) is 17.8 Å². The number of hydrogen-bond acceptors (Lipinski definition) is 5. The summed E-state index contributed by atoms with van der Waals surface area (Å²) in [6.45, 7) is 3.31. The third-order valence-electron chi connectivity index (χ3n) is 4.43. The van der Waals surface area contributed by atoms with Gasteiger partial charge in [-0.25, -0.2) is 4.98 Å². The molecule has 1 aromatic heterocycles. The van der Waals surface area contributed by atoms with Crippen molar-refractivity contribution in [3.63, 3.8) is 0 Å². The lowest BCUT2D eigenvalue weighted by molar-refractivity contribution is -0.149. The Morgan fingerprint density at radius 1 is 1.22 bits per heavy atom. The van der Waals surface area contributed by atoms with Gasteiger partial charge in [-0.05, 0) is 56.2 Å². The zero-order chi connectivity index (χ0) is 19.2. The van der Waals surface area contributed by atoms with Crippen LogP contribution in [0, 0.1) is 5.92 Å². The molecule has 1 amide bonds. The summed E-state index contributed by atoms with van der Waals surface area (Å²) < 4.78 is 6.10. The number of hydrogen-bond donors (Lipinski definition) is 0. The second-order valence-electron chi connectivity index (χ2n) is 6.23. The Labute approximate surface area is 171 Å². The Kier molecular flexibility index (Phi) is 6.90. The number of esters is 1. The summed E-state index contributed by atoms with van der Waals surface area (Å²) in [4.78, 5) is 32.1. The normalized spacial score (nSPS) is 14.8. The molecule has 1 aliphatic heterocycles. The van der Waals surface area contributed by atoms with Crippen LogP contribution < -0.4 is 0 Å². The lowest BCUT2D eigenvalue weighted by atomic mass is 9.96. The van der Waals surface area contributed by atoms with Gasteiger partial charge >= 0.3 is 5.97 Å². The minimum atomic E-state index is -0.155. The molecule has 142 valence electrons. The van der Waals surface area contributed by atoms with Crippen LogP contribution in [0.25, 0.3) is 0 Å². The Hall–Kier alpha value is -1.86.